The molecule has 20 heavy (non-hydrogen) atoms. The van der Waals surface area contributed by atoms with Crippen molar-refractivity contribution in [2.24, 2.45) is 0 Å². The van der Waals surface area contributed by atoms with Crippen LogP contribution in [0.3, 0.4) is 0 Å². The van der Waals surface area contributed by atoms with Gasteiger partial charge in [-0.05, 0) is 45.6 Å². The molecule has 0 fully saturated rings. The number of hydrogen-bond acceptors (Lipinski definition) is 4. The molecular weight excluding hydrogens is 252 g/mol. The molecule has 1 heterocycles. The Kier molecular flexibility index (Phi) is 4.89. The highest BCUT2D eigenvalue weighted by Crippen LogP contribution is 2.30. The molecule has 112 valence electrons. The van der Waals surface area contributed by atoms with E-state index in [1.165, 1.54) is 5.56 Å². The number of hydrogen-bond donors (Lipinski definition) is 1. The summed E-state index contributed by atoms with van der Waals surface area (Å²) in [6.07, 6.45) is 0.944. The normalized spacial score (nSPS) is 15.2. The van der Waals surface area contributed by atoms with Crippen molar-refractivity contribution in [1.29, 1.82) is 0 Å². The van der Waals surface area contributed by atoms with Crippen LogP contribution in [0, 0.1) is 0 Å². The molecule has 1 aliphatic heterocycles. The first-order valence-electron chi connectivity index (χ1n) is 7.26. The largest absolute Gasteiger partial charge is 0.490 e. The van der Waals surface area contributed by atoms with E-state index in [2.05, 4.69) is 50.3 Å². The Balaban J connectivity index is 1.92. The SMILES string of the molecule is CN(C)C(C)(C)CNCc1ccc2c(c1)OCCCO2. The molecule has 0 saturated carbocycles. The van der Waals surface area contributed by atoms with Gasteiger partial charge in [0, 0.05) is 25.0 Å². The minimum Gasteiger partial charge on any atom is -0.490 e. The molecule has 0 radical (unpaired) electrons. The predicted molar refractivity (Wildman–Crippen MR) is 81.5 cm³/mol. The zero-order valence-corrected chi connectivity index (χ0v) is 13.0. The molecular formula is C16H26N2O2. The Morgan fingerprint density at radius 3 is 2.55 bits per heavy atom. The van der Waals surface area contributed by atoms with Gasteiger partial charge in [0.25, 0.3) is 0 Å². The van der Waals surface area contributed by atoms with Crippen LogP contribution in [0.1, 0.15) is 25.8 Å². The van der Waals surface area contributed by atoms with Gasteiger partial charge in [0.1, 0.15) is 0 Å². The Bertz CT molecular complexity index is 444. The van der Waals surface area contributed by atoms with Crippen LogP contribution < -0.4 is 14.8 Å². The monoisotopic (exact) mass is 278 g/mol. The van der Waals surface area contributed by atoms with Crippen LogP contribution in [-0.4, -0.2) is 44.3 Å². The fraction of sp³-hybridized carbons (Fsp3) is 0.625. The van der Waals surface area contributed by atoms with Crippen molar-refractivity contribution >= 4 is 0 Å². The maximum absolute atomic E-state index is 5.71. The van der Waals surface area contributed by atoms with Crippen LogP contribution in [-0.2, 0) is 6.54 Å². The molecule has 1 aromatic rings. The second-order valence-corrected chi connectivity index (χ2v) is 6.14. The van der Waals surface area contributed by atoms with Gasteiger partial charge in [0.05, 0.1) is 13.2 Å². The van der Waals surface area contributed by atoms with E-state index in [4.69, 9.17) is 9.47 Å². The van der Waals surface area contributed by atoms with Crippen LogP contribution >= 0.6 is 0 Å². The number of likely N-dealkylation sites (N-methyl/N-ethyl adjacent to an activating group) is 1. The molecule has 4 heteroatoms. The van der Waals surface area contributed by atoms with Gasteiger partial charge in [-0.15, -0.1) is 0 Å². The van der Waals surface area contributed by atoms with E-state index in [1.54, 1.807) is 0 Å². The number of fused-ring (bicyclic) bond motifs is 1. The van der Waals surface area contributed by atoms with E-state index in [-0.39, 0.29) is 5.54 Å². The molecule has 0 unspecified atom stereocenters. The average Bonchev–Trinajstić information content (AvgIpc) is 2.63. The van der Waals surface area contributed by atoms with Gasteiger partial charge in [0.15, 0.2) is 11.5 Å². The topological polar surface area (TPSA) is 33.7 Å². The third-order valence-electron chi connectivity index (χ3n) is 3.91. The molecule has 0 spiro atoms. The number of nitrogens with one attached hydrogen (secondary N) is 1. The van der Waals surface area contributed by atoms with Crippen molar-refractivity contribution in [2.45, 2.75) is 32.4 Å². The fourth-order valence-corrected chi connectivity index (χ4v) is 1.99. The molecule has 0 saturated heterocycles. The summed E-state index contributed by atoms with van der Waals surface area (Å²) in [7, 11) is 4.21. The van der Waals surface area contributed by atoms with E-state index < -0.39 is 0 Å². The van der Waals surface area contributed by atoms with Gasteiger partial charge in [-0.25, -0.2) is 0 Å². The molecule has 0 bridgehead atoms. The van der Waals surface area contributed by atoms with Gasteiger partial charge >= 0.3 is 0 Å². The Labute approximate surface area is 122 Å². The summed E-state index contributed by atoms with van der Waals surface area (Å²) in [5.74, 6) is 1.73. The van der Waals surface area contributed by atoms with Crippen LogP contribution in [0.5, 0.6) is 11.5 Å². The third kappa shape index (κ3) is 3.87. The molecule has 0 aromatic heterocycles. The number of rotatable bonds is 5. The van der Waals surface area contributed by atoms with Crippen molar-refractivity contribution in [3.63, 3.8) is 0 Å². The van der Waals surface area contributed by atoms with Gasteiger partial charge in [-0.2, -0.15) is 0 Å². The lowest BCUT2D eigenvalue weighted by molar-refractivity contribution is 0.189. The van der Waals surface area contributed by atoms with Gasteiger partial charge in [0.2, 0.25) is 0 Å². The highest BCUT2D eigenvalue weighted by Gasteiger charge is 2.19. The number of ether oxygens (including phenoxy) is 2. The van der Waals surface area contributed by atoms with Crippen molar-refractivity contribution < 1.29 is 9.47 Å². The van der Waals surface area contributed by atoms with E-state index >= 15 is 0 Å². The molecule has 0 amide bonds. The Morgan fingerprint density at radius 2 is 1.85 bits per heavy atom. The quantitative estimate of drug-likeness (QED) is 0.896. The van der Waals surface area contributed by atoms with E-state index in [1.807, 2.05) is 6.07 Å². The van der Waals surface area contributed by atoms with Crippen molar-refractivity contribution in [1.82, 2.24) is 10.2 Å². The molecule has 4 nitrogen and oxygen atoms in total. The summed E-state index contributed by atoms with van der Waals surface area (Å²) in [4.78, 5) is 2.23. The summed E-state index contributed by atoms with van der Waals surface area (Å²) in [6.45, 7) is 7.71. The van der Waals surface area contributed by atoms with Crippen molar-refractivity contribution in [3.8, 4) is 11.5 Å². The van der Waals surface area contributed by atoms with E-state index in [0.29, 0.717) is 0 Å². The summed E-state index contributed by atoms with van der Waals surface area (Å²) >= 11 is 0. The minimum absolute atomic E-state index is 0.144. The average molecular weight is 278 g/mol. The first kappa shape index (κ1) is 15.1. The maximum Gasteiger partial charge on any atom is 0.161 e. The second-order valence-electron chi connectivity index (χ2n) is 6.14. The molecule has 1 aliphatic rings. The summed E-state index contributed by atoms with van der Waals surface area (Å²) < 4.78 is 11.4. The van der Waals surface area contributed by atoms with Crippen molar-refractivity contribution in [2.75, 3.05) is 33.9 Å². The van der Waals surface area contributed by atoms with E-state index in [0.717, 1.165) is 44.2 Å². The first-order valence-corrected chi connectivity index (χ1v) is 7.26. The van der Waals surface area contributed by atoms with Gasteiger partial charge in [-0.3, -0.25) is 0 Å². The highest BCUT2D eigenvalue weighted by molar-refractivity contribution is 5.43. The number of benzene rings is 1. The van der Waals surface area contributed by atoms with Crippen molar-refractivity contribution in [3.05, 3.63) is 23.8 Å². The minimum atomic E-state index is 0.144. The van der Waals surface area contributed by atoms with E-state index in [9.17, 15) is 0 Å². The lowest BCUT2D eigenvalue weighted by Gasteiger charge is -2.32. The first-order chi connectivity index (χ1) is 9.49. The summed E-state index contributed by atoms with van der Waals surface area (Å²) in [5.41, 5.74) is 1.37. The fourth-order valence-electron chi connectivity index (χ4n) is 1.99. The molecule has 1 N–H and O–H groups in total. The number of nitrogens with zero attached hydrogens (tertiary/aromatic N) is 1. The smallest absolute Gasteiger partial charge is 0.161 e. The zero-order chi connectivity index (χ0) is 14.6. The Hall–Kier alpha value is -1.26. The highest BCUT2D eigenvalue weighted by atomic mass is 16.5. The van der Waals surface area contributed by atoms with Crippen LogP contribution in [0.25, 0.3) is 0 Å². The lowest BCUT2D eigenvalue weighted by Crippen LogP contribution is -2.46. The second kappa shape index (κ2) is 6.46. The van der Waals surface area contributed by atoms with Crippen LogP contribution in [0.4, 0.5) is 0 Å². The van der Waals surface area contributed by atoms with Gasteiger partial charge in [-0.1, -0.05) is 6.07 Å². The van der Waals surface area contributed by atoms with Crippen LogP contribution in [0.15, 0.2) is 18.2 Å². The summed E-state index contributed by atoms with van der Waals surface area (Å²) in [5, 5.41) is 3.51. The molecule has 0 aliphatic carbocycles. The standard InChI is InChI=1S/C16H26N2O2/c1-16(2,18(3)4)12-17-11-13-6-7-14-15(10-13)20-9-5-8-19-14/h6-7,10,17H,5,8-9,11-12H2,1-4H3. The maximum atomic E-state index is 5.71. The molecule has 2 rings (SSSR count). The van der Waals surface area contributed by atoms with Gasteiger partial charge < -0.3 is 19.7 Å². The predicted octanol–water partition coefficient (Wildman–Crippen LogP) is 2.28. The lowest BCUT2D eigenvalue weighted by atomic mass is 10.0. The summed E-state index contributed by atoms with van der Waals surface area (Å²) in [6, 6.07) is 6.19. The zero-order valence-electron chi connectivity index (χ0n) is 13.0. The Morgan fingerprint density at radius 1 is 1.15 bits per heavy atom. The molecule has 0 atom stereocenters. The van der Waals surface area contributed by atoms with Crippen LogP contribution in [0.2, 0.25) is 0 Å². The third-order valence-corrected chi connectivity index (χ3v) is 3.91. The molecule has 1 aromatic carbocycles.